The minimum absolute atomic E-state index is 0.106. The van der Waals surface area contributed by atoms with Crippen LogP contribution < -0.4 is 0 Å². The van der Waals surface area contributed by atoms with E-state index >= 15 is 0 Å². The first-order chi connectivity index (χ1) is 12.3. The van der Waals surface area contributed by atoms with Crippen LogP contribution in [0.25, 0.3) is 10.8 Å². The molecule has 0 amide bonds. The molecule has 2 aliphatic rings. The van der Waals surface area contributed by atoms with Gasteiger partial charge in [-0.15, -0.1) is 11.3 Å². The molecule has 0 aliphatic carbocycles. The predicted octanol–water partition coefficient (Wildman–Crippen LogP) is 2.91. The number of nitrogens with zero attached hydrogens (tertiary/aromatic N) is 4. The van der Waals surface area contributed by atoms with E-state index in [2.05, 4.69) is 20.0 Å². The smallest absolute Gasteiger partial charge is 0.236 e. The maximum Gasteiger partial charge on any atom is 0.236 e. The van der Waals surface area contributed by atoms with E-state index in [1.807, 2.05) is 17.5 Å². The van der Waals surface area contributed by atoms with E-state index in [0.717, 1.165) is 30.3 Å². The number of hydrogen-bond acceptors (Lipinski definition) is 8. The highest BCUT2D eigenvalue weighted by Crippen LogP contribution is 2.29. The highest BCUT2D eigenvalue weighted by molar-refractivity contribution is 7.13. The van der Waals surface area contributed by atoms with Crippen LogP contribution in [0.1, 0.15) is 36.4 Å². The van der Waals surface area contributed by atoms with Crippen LogP contribution in [0.3, 0.4) is 0 Å². The Morgan fingerprint density at radius 1 is 1.32 bits per heavy atom. The summed E-state index contributed by atoms with van der Waals surface area (Å²) in [6.07, 6.45) is 4.47. The van der Waals surface area contributed by atoms with Gasteiger partial charge in [-0.25, -0.2) is 4.98 Å². The van der Waals surface area contributed by atoms with Gasteiger partial charge in [0.1, 0.15) is 12.4 Å². The van der Waals surface area contributed by atoms with Gasteiger partial charge in [0, 0.05) is 12.6 Å². The molecule has 2 unspecified atom stereocenters. The summed E-state index contributed by atoms with van der Waals surface area (Å²) >= 11 is 1.60. The number of fused-ring (bicyclic) bond motifs is 1. The lowest BCUT2D eigenvalue weighted by atomic mass is 10.2. The Kier molecular flexibility index (Phi) is 3.88. The Labute approximate surface area is 148 Å². The summed E-state index contributed by atoms with van der Waals surface area (Å²) in [7, 11) is 0. The van der Waals surface area contributed by atoms with Gasteiger partial charge < -0.3 is 13.7 Å². The minimum atomic E-state index is -0.106. The topological polar surface area (TPSA) is 77.4 Å². The van der Waals surface area contributed by atoms with Crippen LogP contribution in [0.15, 0.2) is 32.7 Å². The van der Waals surface area contributed by atoms with Gasteiger partial charge in [-0.05, 0) is 30.8 Å². The Bertz CT molecular complexity index is 844. The number of ether oxygens (including phenoxy) is 1. The minimum Gasteiger partial charge on any atom is -0.444 e. The number of morpholine rings is 1. The number of aromatic nitrogens is 3. The van der Waals surface area contributed by atoms with Crippen molar-refractivity contribution >= 4 is 11.3 Å². The highest BCUT2D eigenvalue weighted by atomic mass is 32.1. The Morgan fingerprint density at radius 3 is 3.24 bits per heavy atom. The molecular weight excluding hydrogens is 340 g/mol. The predicted molar refractivity (Wildman–Crippen MR) is 90.2 cm³/mol. The first-order valence-corrected chi connectivity index (χ1v) is 9.39. The Hall–Kier alpha value is -2.03. The molecule has 0 spiro atoms. The SMILES string of the molecule is c1csc(-c2nc(Cc3nc(C4CN5CCCC5CO4)no3)co2)c1. The normalized spacial score (nSPS) is 23.8. The molecule has 25 heavy (non-hydrogen) atoms. The average molecular weight is 358 g/mol. The Balaban J connectivity index is 1.27. The zero-order valence-corrected chi connectivity index (χ0v) is 14.4. The number of hydrogen-bond donors (Lipinski definition) is 0. The van der Waals surface area contributed by atoms with Gasteiger partial charge in [0.2, 0.25) is 17.6 Å². The molecule has 3 aromatic rings. The van der Waals surface area contributed by atoms with Crippen molar-refractivity contribution in [1.29, 1.82) is 0 Å². The van der Waals surface area contributed by atoms with E-state index in [9.17, 15) is 0 Å². The third-order valence-corrected chi connectivity index (χ3v) is 5.63. The summed E-state index contributed by atoms with van der Waals surface area (Å²) in [5.41, 5.74) is 0.780. The van der Waals surface area contributed by atoms with Crippen LogP contribution in [0.4, 0.5) is 0 Å². The molecule has 2 saturated heterocycles. The van der Waals surface area contributed by atoms with Gasteiger partial charge in [-0.1, -0.05) is 11.2 Å². The lowest BCUT2D eigenvalue weighted by Crippen LogP contribution is -2.42. The number of rotatable bonds is 4. The number of oxazole rings is 1. The van der Waals surface area contributed by atoms with E-state index in [4.69, 9.17) is 13.7 Å². The van der Waals surface area contributed by atoms with Crippen molar-refractivity contribution in [3.8, 4) is 10.8 Å². The second kappa shape index (κ2) is 6.36. The molecule has 2 aliphatic heterocycles. The summed E-state index contributed by atoms with van der Waals surface area (Å²) in [6.45, 7) is 2.73. The Morgan fingerprint density at radius 2 is 2.32 bits per heavy atom. The van der Waals surface area contributed by atoms with Gasteiger partial charge in [0.05, 0.1) is 23.6 Å². The van der Waals surface area contributed by atoms with E-state index in [-0.39, 0.29) is 6.10 Å². The second-order valence-electron chi connectivity index (χ2n) is 6.46. The van der Waals surface area contributed by atoms with Crippen molar-refractivity contribution in [1.82, 2.24) is 20.0 Å². The summed E-state index contributed by atoms with van der Waals surface area (Å²) in [5, 5.41) is 6.11. The van der Waals surface area contributed by atoms with E-state index in [0.29, 0.717) is 30.1 Å². The molecule has 3 aromatic heterocycles. The summed E-state index contributed by atoms with van der Waals surface area (Å²) in [5.74, 6) is 1.79. The van der Waals surface area contributed by atoms with E-state index in [1.165, 1.54) is 12.8 Å². The maximum atomic E-state index is 5.94. The fraction of sp³-hybridized carbons (Fsp3) is 0.471. The molecule has 0 radical (unpaired) electrons. The molecule has 2 atom stereocenters. The summed E-state index contributed by atoms with van der Waals surface area (Å²) in [6, 6.07) is 4.52. The molecule has 8 heteroatoms. The molecule has 0 bridgehead atoms. The van der Waals surface area contributed by atoms with Gasteiger partial charge in [0.15, 0.2) is 0 Å². The molecule has 5 rings (SSSR count). The first-order valence-electron chi connectivity index (χ1n) is 8.51. The molecular formula is C17H18N4O3S. The van der Waals surface area contributed by atoms with Crippen LogP contribution in [0.2, 0.25) is 0 Å². The maximum absolute atomic E-state index is 5.94. The highest BCUT2D eigenvalue weighted by Gasteiger charge is 2.34. The largest absolute Gasteiger partial charge is 0.444 e. The van der Waals surface area contributed by atoms with Crippen molar-refractivity contribution in [2.45, 2.75) is 31.4 Å². The molecule has 0 saturated carbocycles. The number of thiophene rings is 1. The summed E-state index contributed by atoms with van der Waals surface area (Å²) in [4.78, 5) is 12.5. The molecule has 5 heterocycles. The molecule has 2 fully saturated rings. The average Bonchev–Trinajstić information content (AvgIpc) is 3.41. The zero-order chi connectivity index (χ0) is 16.6. The van der Waals surface area contributed by atoms with Gasteiger partial charge in [-0.2, -0.15) is 4.98 Å². The molecule has 130 valence electrons. The monoisotopic (exact) mass is 358 g/mol. The fourth-order valence-electron chi connectivity index (χ4n) is 3.50. The van der Waals surface area contributed by atoms with E-state index < -0.39 is 0 Å². The fourth-order valence-corrected chi connectivity index (χ4v) is 4.16. The van der Waals surface area contributed by atoms with Crippen molar-refractivity contribution in [3.63, 3.8) is 0 Å². The van der Waals surface area contributed by atoms with Crippen molar-refractivity contribution in [3.05, 3.63) is 41.2 Å². The third kappa shape index (κ3) is 3.01. The second-order valence-corrected chi connectivity index (χ2v) is 7.41. The van der Waals surface area contributed by atoms with Crippen LogP contribution in [-0.2, 0) is 11.2 Å². The summed E-state index contributed by atoms with van der Waals surface area (Å²) < 4.78 is 16.9. The van der Waals surface area contributed by atoms with Gasteiger partial charge >= 0.3 is 0 Å². The first kappa shape index (κ1) is 15.2. The van der Waals surface area contributed by atoms with Crippen molar-refractivity contribution in [2.75, 3.05) is 19.7 Å². The van der Waals surface area contributed by atoms with Crippen LogP contribution in [0, 0.1) is 0 Å². The molecule has 0 aromatic carbocycles. The van der Waals surface area contributed by atoms with E-state index in [1.54, 1.807) is 17.6 Å². The van der Waals surface area contributed by atoms with Crippen molar-refractivity contribution in [2.24, 2.45) is 0 Å². The zero-order valence-electron chi connectivity index (χ0n) is 13.6. The van der Waals surface area contributed by atoms with Crippen LogP contribution >= 0.6 is 11.3 Å². The van der Waals surface area contributed by atoms with Crippen molar-refractivity contribution < 1.29 is 13.7 Å². The van der Waals surface area contributed by atoms with Gasteiger partial charge in [0.25, 0.3) is 0 Å². The van der Waals surface area contributed by atoms with Gasteiger partial charge in [-0.3, -0.25) is 4.90 Å². The third-order valence-electron chi connectivity index (χ3n) is 4.78. The lowest BCUT2D eigenvalue weighted by Gasteiger charge is -2.33. The molecule has 0 N–H and O–H groups in total. The lowest BCUT2D eigenvalue weighted by molar-refractivity contribution is -0.0548. The molecule has 7 nitrogen and oxygen atoms in total. The standard InChI is InChI=1S/C17H18N4O3S/c1-3-12-10-22-13(8-21(12)5-1)16-19-15(24-20-16)7-11-9-23-17(18-11)14-4-2-6-25-14/h2,4,6,9,12-13H,1,3,5,7-8,10H2. The van der Waals surface area contributed by atoms with Crippen LogP contribution in [-0.4, -0.2) is 45.8 Å². The van der Waals surface area contributed by atoms with Crippen LogP contribution in [0.5, 0.6) is 0 Å². The quantitative estimate of drug-likeness (QED) is 0.709.